The molecular weight excluding hydrogens is 202 g/mol. The molecule has 0 heterocycles. The van der Waals surface area contributed by atoms with Crippen molar-refractivity contribution in [2.45, 2.75) is 26.8 Å². The van der Waals surface area contributed by atoms with E-state index in [0.717, 1.165) is 17.7 Å². The number of hydrogen-bond acceptors (Lipinski definition) is 2. The van der Waals surface area contributed by atoms with Crippen LogP contribution in [0.1, 0.15) is 25.8 Å². The minimum absolute atomic E-state index is 0.0746. The number of carbonyl (C=O) groups excluding carboxylic acids is 1. The predicted octanol–water partition coefficient (Wildman–Crippen LogP) is 2.36. The molecule has 1 unspecified atom stereocenters. The van der Waals surface area contributed by atoms with Crippen molar-refractivity contribution in [3.05, 3.63) is 29.8 Å². The molecule has 1 N–H and O–H groups in total. The lowest BCUT2D eigenvalue weighted by Crippen LogP contribution is -2.28. The van der Waals surface area contributed by atoms with Crippen LogP contribution in [0.3, 0.4) is 0 Å². The van der Waals surface area contributed by atoms with E-state index in [0.29, 0.717) is 6.54 Å². The number of amides is 1. The first-order valence-corrected chi connectivity index (χ1v) is 5.58. The Morgan fingerprint density at radius 3 is 2.88 bits per heavy atom. The lowest BCUT2D eigenvalue weighted by molar-refractivity contribution is -0.124. The number of methoxy groups -OCH3 is 1. The predicted molar refractivity (Wildman–Crippen MR) is 64.3 cm³/mol. The second kappa shape index (κ2) is 6.16. The average molecular weight is 221 g/mol. The highest BCUT2D eigenvalue weighted by Gasteiger charge is 2.09. The minimum Gasteiger partial charge on any atom is -0.497 e. The van der Waals surface area contributed by atoms with E-state index in [-0.39, 0.29) is 11.8 Å². The Bertz CT molecular complexity index is 350. The maximum Gasteiger partial charge on any atom is 0.223 e. The molecular formula is C13H19NO2. The van der Waals surface area contributed by atoms with Crippen LogP contribution in [0, 0.1) is 5.92 Å². The fourth-order valence-corrected chi connectivity index (χ4v) is 1.33. The van der Waals surface area contributed by atoms with E-state index in [1.165, 1.54) is 0 Å². The Morgan fingerprint density at radius 1 is 1.50 bits per heavy atom. The molecule has 0 aromatic heterocycles. The third kappa shape index (κ3) is 3.57. The van der Waals surface area contributed by atoms with Crippen molar-refractivity contribution in [2.75, 3.05) is 7.11 Å². The maximum atomic E-state index is 11.6. The highest BCUT2D eigenvalue weighted by atomic mass is 16.5. The van der Waals surface area contributed by atoms with Gasteiger partial charge in [-0.15, -0.1) is 0 Å². The van der Waals surface area contributed by atoms with Gasteiger partial charge in [0, 0.05) is 12.5 Å². The smallest absolute Gasteiger partial charge is 0.223 e. The van der Waals surface area contributed by atoms with Crippen LogP contribution in [0.2, 0.25) is 0 Å². The molecule has 3 heteroatoms. The van der Waals surface area contributed by atoms with E-state index in [1.807, 2.05) is 38.1 Å². The van der Waals surface area contributed by atoms with Crippen LogP contribution in [0.4, 0.5) is 0 Å². The van der Waals surface area contributed by atoms with Gasteiger partial charge in [0.25, 0.3) is 0 Å². The summed E-state index contributed by atoms with van der Waals surface area (Å²) in [6.45, 7) is 4.50. The molecule has 0 bridgehead atoms. The van der Waals surface area contributed by atoms with Crippen LogP contribution >= 0.6 is 0 Å². The number of hydrogen-bond donors (Lipinski definition) is 1. The molecule has 1 atom stereocenters. The Labute approximate surface area is 96.8 Å². The molecule has 0 spiro atoms. The standard InChI is InChI=1S/C13H19NO2/c1-4-10(2)13(15)14-9-11-6-5-7-12(8-11)16-3/h5-8,10H,4,9H2,1-3H3,(H,14,15). The molecule has 1 rings (SSSR count). The zero-order valence-corrected chi connectivity index (χ0v) is 10.1. The molecule has 0 aliphatic carbocycles. The van der Waals surface area contributed by atoms with E-state index >= 15 is 0 Å². The summed E-state index contributed by atoms with van der Waals surface area (Å²) < 4.78 is 5.12. The summed E-state index contributed by atoms with van der Waals surface area (Å²) in [5.74, 6) is 0.992. The second-order valence-electron chi connectivity index (χ2n) is 3.88. The van der Waals surface area contributed by atoms with Crippen LogP contribution in [0.5, 0.6) is 5.75 Å². The first-order valence-electron chi connectivity index (χ1n) is 5.58. The number of ether oxygens (including phenoxy) is 1. The molecule has 3 nitrogen and oxygen atoms in total. The first-order chi connectivity index (χ1) is 7.67. The van der Waals surface area contributed by atoms with Crippen LogP contribution < -0.4 is 10.1 Å². The van der Waals surface area contributed by atoms with Gasteiger partial charge in [0.05, 0.1) is 7.11 Å². The van der Waals surface area contributed by atoms with Crippen molar-refractivity contribution in [1.82, 2.24) is 5.32 Å². The Morgan fingerprint density at radius 2 is 2.25 bits per heavy atom. The minimum atomic E-state index is 0.0746. The lowest BCUT2D eigenvalue weighted by Gasteiger charge is -2.10. The SMILES string of the molecule is CCC(C)C(=O)NCc1cccc(OC)c1. The van der Waals surface area contributed by atoms with Crippen molar-refractivity contribution in [2.24, 2.45) is 5.92 Å². The van der Waals surface area contributed by atoms with Gasteiger partial charge in [-0.3, -0.25) is 4.79 Å². The Hall–Kier alpha value is -1.51. The van der Waals surface area contributed by atoms with Crippen molar-refractivity contribution >= 4 is 5.91 Å². The van der Waals surface area contributed by atoms with Gasteiger partial charge >= 0.3 is 0 Å². The number of carbonyl (C=O) groups is 1. The topological polar surface area (TPSA) is 38.3 Å². The summed E-state index contributed by atoms with van der Waals surface area (Å²) in [4.78, 5) is 11.6. The molecule has 0 aliphatic rings. The largest absolute Gasteiger partial charge is 0.497 e. The van der Waals surface area contributed by atoms with Gasteiger partial charge in [0.15, 0.2) is 0 Å². The molecule has 0 saturated carbocycles. The van der Waals surface area contributed by atoms with Crippen LogP contribution in [0.15, 0.2) is 24.3 Å². The van der Waals surface area contributed by atoms with Gasteiger partial charge in [-0.2, -0.15) is 0 Å². The van der Waals surface area contributed by atoms with Crippen LogP contribution in [-0.2, 0) is 11.3 Å². The van der Waals surface area contributed by atoms with Crippen molar-refractivity contribution < 1.29 is 9.53 Å². The Balaban J connectivity index is 2.51. The van der Waals surface area contributed by atoms with Gasteiger partial charge in [-0.25, -0.2) is 0 Å². The summed E-state index contributed by atoms with van der Waals surface area (Å²) in [5.41, 5.74) is 1.05. The molecule has 0 aliphatic heterocycles. The number of rotatable bonds is 5. The van der Waals surface area contributed by atoms with E-state index in [9.17, 15) is 4.79 Å². The summed E-state index contributed by atoms with van der Waals surface area (Å²) in [5, 5.41) is 2.91. The summed E-state index contributed by atoms with van der Waals surface area (Å²) in [6.07, 6.45) is 0.865. The number of benzene rings is 1. The number of nitrogens with one attached hydrogen (secondary N) is 1. The summed E-state index contributed by atoms with van der Waals surface area (Å²) in [7, 11) is 1.64. The first kappa shape index (κ1) is 12.6. The van der Waals surface area contributed by atoms with Gasteiger partial charge < -0.3 is 10.1 Å². The van der Waals surface area contributed by atoms with Crippen LogP contribution in [0.25, 0.3) is 0 Å². The van der Waals surface area contributed by atoms with E-state index in [1.54, 1.807) is 7.11 Å². The highest BCUT2D eigenvalue weighted by molar-refractivity contribution is 5.78. The van der Waals surface area contributed by atoms with E-state index in [2.05, 4.69) is 5.32 Å². The molecule has 1 aromatic carbocycles. The van der Waals surface area contributed by atoms with Gasteiger partial charge in [-0.1, -0.05) is 26.0 Å². The summed E-state index contributed by atoms with van der Waals surface area (Å²) >= 11 is 0. The van der Waals surface area contributed by atoms with Crippen molar-refractivity contribution in [3.63, 3.8) is 0 Å². The zero-order valence-electron chi connectivity index (χ0n) is 10.1. The molecule has 16 heavy (non-hydrogen) atoms. The zero-order chi connectivity index (χ0) is 12.0. The van der Waals surface area contributed by atoms with Crippen molar-refractivity contribution in [3.8, 4) is 5.75 Å². The monoisotopic (exact) mass is 221 g/mol. The summed E-state index contributed by atoms with van der Waals surface area (Å²) in [6, 6.07) is 7.71. The molecule has 88 valence electrons. The quantitative estimate of drug-likeness (QED) is 0.829. The Kier molecular flexibility index (Phi) is 4.83. The van der Waals surface area contributed by atoms with E-state index < -0.39 is 0 Å². The molecule has 0 fully saturated rings. The fraction of sp³-hybridized carbons (Fsp3) is 0.462. The van der Waals surface area contributed by atoms with Crippen molar-refractivity contribution in [1.29, 1.82) is 0 Å². The molecule has 0 saturated heterocycles. The third-order valence-corrected chi connectivity index (χ3v) is 2.66. The highest BCUT2D eigenvalue weighted by Crippen LogP contribution is 2.12. The van der Waals surface area contributed by atoms with Crippen LogP contribution in [-0.4, -0.2) is 13.0 Å². The second-order valence-corrected chi connectivity index (χ2v) is 3.88. The van der Waals surface area contributed by atoms with Gasteiger partial charge in [0.1, 0.15) is 5.75 Å². The molecule has 1 aromatic rings. The van der Waals surface area contributed by atoms with E-state index in [4.69, 9.17) is 4.74 Å². The van der Waals surface area contributed by atoms with Gasteiger partial charge in [0.2, 0.25) is 5.91 Å². The fourth-order valence-electron chi connectivity index (χ4n) is 1.33. The third-order valence-electron chi connectivity index (χ3n) is 2.66. The molecule has 1 amide bonds. The molecule has 0 radical (unpaired) electrons. The van der Waals surface area contributed by atoms with Gasteiger partial charge in [-0.05, 0) is 24.1 Å². The normalized spacial score (nSPS) is 11.9. The lowest BCUT2D eigenvalue weighted by atomic mass is 10.1. The maximum absolute atomic E-state index is 11.6. The average Bonchev–Trinajstić information content (AvgIpc) is 2.35.